The predicted octanol–water partition coefficient (Wildman–Crippen LogP) is 3.81. The summed E-state index contributed by atoms with van der Waals surface area (Å²) in [6.45, 7) is 5.51. The zero-order chi connectivity index (χ0) is 31.1. The van der Waals surface area contributed by atoms with E-state index in [9.17, 15) is 28.4 Å². The van der Waals surface area contributed by atoms with Crippen molar-refractivity contribution in [2.75, 3.05) is 23.5 Å². The van der Waals surface area contributed by atoms with Crippen LogP contribution in [0.15, 0.2) is 35.3 Å². The number of amides is 2. The van der Waals surface area contributed by atoms with Crippen molar-refractivity contribution in [1.29, 1.82) is 5.26 Å². The van der Waals surface area contributed by atoms with E-state index in [1.54, 1.807) is 13.0 Å². The molecule has 3 heterocycles. The predicted molar refractivity (Wildman–Crippen MR) is 152 cm³/mol. The molecule has 1 aliphatic heterocycles. The first-order valence-corrected chi connectivity index (χ1v) is 13.3. The largest absolute Gasteiger partial charge is 0.476 e. The highest BCUT2D eigenvalue weighted by Crippen LogP contribution is 2.40. The van der Waals surface area contributed by atoms with Crippen LogP contribution < -0.4 is 25.4 Å². The third kappa shape index (κ3) is 4.94. The van der Waals surface area contributed by atoms with E-state index in [2.05, 4.69) is 10.3 Å². The molecule has 2 amide bonds. The highest BCUT2D eigenvalue weighted by molar-refractivity contribution is 7.81. The van der Waals surface area contributed by atoms with Gasteiger partial charge in [0.15, 0.2) is 23.2 Å². The van der Waals surface area contributed by atoms with Crippen molar-refractivity contribution >= 4 is 46.2 Å². The minimum absolute atomic E-state index is 0.000249. The molecule has 1 fully saturated rings. The quantitative estimate of drug-likeness (QED) is 0.388. The highest BCUT2D eigenvalue weighted by atomic mass is 32.1. The van der Waals surface area contributed by atoms with Gasteiger partial charge in [-0.15, -0.1) is 0 Å². The van der Waals surface area contributed by atoms with Gasteiger partial charge in [0.05, 0.1) is 28.7 Å². The second-order valence-electron chi connectivity index (χ2n) is 9.97. The molecule has 220 valence electrons. The topological polar surface area (TPSA) is 120 Å². The number of carbonyl (C=O) groups is 2. The van der Waals surface area contributed by atoms with Crippen LogP contribution in [-0.4, -0.2) is 45.5 Å². The molecule has 0 saturated carbocycles. The van der Waals surface area contributed by atoms with Crippen LogP contribution in [0.3, 0.4) is 0 Å². The first kappa shape index (κ1) is 30.4. The number of carbonyl (C=O) groups excluding carboxylic acids is 2. The minimum atomic E-state index is -3.34. The van der Waals surface area contributed by atoms with Gasteiger partial charge in [0.2, 0.25) is 5.75 Å². The summed E-state index contributed by atoms with van der Waals surface area (Å²) in [5.41, 5.74) is -3.19. The van der Waals surface area contributed by atoms with E-state index >= 15 is 4.39 Å². The van der Waals surface area contributed by atoms with Crippen LogP contribution in [0.4, 0.5) is 24.5 Å². The lowest BCUT2D eigenvalue weighted by molar-refractivity contribution is -0.122. The Morgan fingerprint density at radius 3 is 2.50 bits per heavy atom. The Morgan fingerprint density at radius 2 is 1.90 bits per heavy atom. The lowest BCUT2D eigenvalue weighted by Gasteiger charge is -2.29. The van der Waals surface area contributed by atoms with Crippen LogP contribution in [-0.2, 0) is 21.9 Å². The number of thiocarbonyl (C=S) groups is 1. The Hall–Kier alpha value is -4.51. The van der Waals surface area contributed by atoms with Crippen LogP contribution in [0.1, 0.15) is 50.9 Å². The Labute approximate surface area is 244 Å². The monoisotopic (exact) mass is 600 g/mol. The number of ether oxygens (including phenoxy) is 1. The van der Waals surface area contributed by atoms with E-state index < -0.39 is 53.2 Å². The molecule has 14 heteroatoms. The van der Waals surface area contributed by atoms with E-state index in [4.69, 9.17) is 17.0 Å². The summed E-state index contributed by atoms with van der Waals surface area (Å²) in [5.74, 6) is -5.58. The zero-order valence-electron chi connectivity index (χ0n) is 23.4. The molecular formula is C28H27F3N6O4S. The summed E-state index contributed by atoms with van der Waals surface area (Å²) in [7, 11) is 1.40. The number of nitriles is 1. The number of aryl methyl sites for hydroxylation is 1. The average molecular weight is 601 g/mol. The molecular weight excluding hydrogens is 573 g/mol. The maximum atomic E-state index is 15.5. The maximum Gasteiger partial charge on any atom is 0.300 e. The maximum absolute atomic E-state index is 15.5. The number of alkyl halides is 2. The molecule has 4 rings (SSSR count). The van der Waals surface area contributed by atoms with Gasteiger partial charge in [0.1, 0.15) is 5.54 Å². The number of hydrogen-bond acceptors (Lipinski definition) is 7. The van der Waals surface area contributed by atoms with Gasteiger partial charge in [-0.1, -0.05) is 13.8 Å². The Balaban J connectivity index is 1.86. The Morgan fingerprint density at radius 1 is 1.21 bits per heavy atom. The van der Waals surface area contributed by atoms with E-state index in [1.165, 1.54) is 51.0 Å². The molecule has 2 aromatic heterocycles. The minimum Gasteiger partial charge on any atom is -0.476 e. The molecule has 0 atom stereocenters. The van der Waals surface area contributed by atoms with Crippen molar-refractivity contribution in [1.82, 2.24) is 14.7 Å². The number of anilines is 2. The number of aromatic nitrogens is 2. The molecule has 0 bridgehead atoms. The van der Waals surface area contributed by atoms with Crippen LogP contribution in [0.2, 0.25) is 0 Å². The molecule has 0 aliphatic carbocycles. The second kappa shape index (κ2) is 11.1. The summed E-state index contributed by atoms with van der Waals surface area (Å²) < 4.78 is 51.2. The lowest BCUT2D eigenvalue weighted by atomic mass is 9.99. The van der Waals surface area contributed by atoms with E-state index in [0.29, 0.717) is 0 Å². The number of likely N-dealkylation sites (N-methyl/N-ethyl adjacent to an activating group) is 1. The van der Waals surface area contributed by atoms with E-state index in [0.717, 1.165) is 21.4 Å². The third-order valence-electron chi connectivity index (χ3n) is 7.00. The first-order valence-electron chi connectivity index (χ1n) is 12.9. The van der Waals surface area contributed by atoms with Gasteiger partial charge in [-0.05, 0) is 50.7 Å². The number of nitrogens with one attached hydrogen (secondary N) is 1. The third-order valence-corrected chi connectivity index (χ3v) is 7.37. The van der Waals surface area contributed by atoms with Gasteiger partial charge < -0.3 is 15.0 Å². The van der Waals surface area contributed by atoms with Crippen LogP contribution in [0.25, 0.3) is 5.65 Å². The first-order chi connectivity index (χ1) is 19.7. The summed E-state index contributed by atoms with van der Waals surface area (Å²) in [6, 6.07) is 6.37. The molecule has 0 unspecified atom stereocenters. The normalized spacial score (nSPS) is 14.8. The van der Waals surface area contributed by atoms with Gasteiger partial charge in [0.25, 0.3) is 17.7 Å². The fourth-order valence-electron chi connectivity index (χ4n) is 4.65. The van der Waals surface area contributed by atoms with Crippen molar-refractivity contribution in [3.8, 4) is 11.8 Å². The Bertz CT molecular complexity index is 1730. The number of pyridine rings is 1. The van der Waals surface area contributed by atoms with Crippen molar-refractivity contribution < 1.29 is 27.5 Å². The number of fused-ring (bicyclic) bond motifs is 1. The van der Waals surface area contributed by atoms with Crippen molar-refractivity contribution in [3.05, 3.63) is 63.5 Å². The smallest absolute Gasteiger partial charge is 0.300 e. The molecule has 3 aromatic rings. The van der Waals surface area contributed by atoms with Gasteiger partial charge >= 0.3 is 5.56 Å². The number of benzene rings is 1. The SMILES string of the molecule is CCc1nc2c(F)cc(N3C(=S)N(c4ccc(C#N)c(C(F)(F)CC)c4)C(=O)C3(C)C)cn2c(=O)c1OCC(=O)NC. The van der Waals surface area contributed by atoms with Gasteiger partial charge in [0, 0.05) is 31.3 Å². The fraction of sp³-hybridized carbons (Fsp3) is 0.357. The second-order valence-corrected chi connectivity index (χ2v) is 10.3. The molecule has 1 saturated heterocycles. The molecule has 0 radical (unpaired) electrons. The summed E-state index contributed by atoms with van der Waals surface area (Å²) in [5, 5.41) is 11.6. The average Bonchev–Trinajstić information content (AvgIpc) is 3.14. The standard InChI is InChI=1S/C28H27F3N6O4S/c1-6-20-22(41-14-21(38)33-5)24(39)35-13-17(11-19(29)23(35)34-20)37-26(42)36(25(40)27(37,3)4)16-9-8-15(12-32)18(10-16)28(30,31)7-2/h8-11,13H,6-7,14H2,1-5H3,(H,33,38). The molecule has 10 nitrogen and oxygen atoms in total. The number of rotatable bonds is 8. The molecule has 42 heavy (non-hydrogen) atoms. The molecule has 1 aliphatic rings. The van der Waals surface area contributed by atoms with Crippen molar-refractivity contribution in [2.45, 2.75) is 52.0 Å². The summed E-state index contributed by atoms with van der Waals surface area (Å²) >= 11 is 5.61. The highest BCUT2D eigenvalue weighted by Gasteiger charge is 2.51. The van der Waals surface area contributed by atoms with Gasteiger partial charge in [-0.3, -0.25) is 23.7 Å². The number of nitrogens with zero attached hydrogens (tertiary/aromatic N) is 5. The lowest BCUT2D eigenvalue weighted by Crippen LogP contribution is -2.44. The van der Waals surface area contributed by atoms with Crippen LogP contribution in [0.5, 0.6) is 5.75 Å². The number of halogens is 3. The van der Waals surface area contributed by atoms with E-state index in [-0.39, 0.29) is 45.6 Å². The van der Waals surface area contributed by atoms with Crippen molar-refractivity contribution in [2.24, 2.45) is 0 Å². The molecule has 0 spiro atoms. The Kier molecular flexibility index (Phi) is 8.01. The van der Waals surface area contributed by atoms with Crippen LogP contribution >= 0.6 is 12.2 Å². The van der Waals surface area contributed by atoms with Crippen LogP contribution in [0, 0.1) is 17.1 Å². The molecule has 1 aromatic carbocycles. The fourth-order valence-corrected chi connectivity index (χ4v) is 5.17. The number of hydrogen-bond donors (Lipinski definition) is 1. The van der Waals surface area contributed by atoms with Crippen molar-refractivity contribution in [3.63, 3.8) is 0 Å². The van der Waals surface area contributed by atoms with Gasteiger partial charge in [-0.25, -0.2) is 18.2 Å². The zero-order valence-corrected chi connectivity index (χ0v) is 24.2. The van der Waals surface area contributed by atoms with Gasteiger partial charge in [-0.2, -0.15) is 5.26 Å². The summed E-state index contributed by atoms with van der Waals surface area (Å²) in [6.07, 6.45) is 0.876. The van der Waals surface area contributed by atoms with E-state index in [1.807, 2.05) is 0 Å². The summed E-state index contributed by atoms with van der Waals surface area (Å²) in [4.78, 5) is 45.3. The molecule has 1 N–H and O–H groups in total.